The van der Waals surface area contributed by atoms with Gasteiger partial charge in [-0.1, -0.05) is 35.9 Å². The van der Waals surface area contributed by atoms with E-state index in [0.29, 0.717) is 22.6 Å². The predicted molar refractivity (Wildman–Crippen MR) is 127 cm³/mol. The molecule has 4 rings (SSSR count). The number of methoxy groups -OCH3 is 2. The van der Waals surface area contributed by atoms with E-state index >= 15 is 0 Å². The topological polar surface area (TPSA) is 67.9 Å². The molecule has 3 aromatic carbocycles. The van der Waals surface area contributed by atoms with Crippen LogP contribution in [0, 0.1) is 11.6 Å². The summed E-state index contributed by atoms with van der Waals surface area (Å²) in [5.41, 5.74) is 1.33. The number of nitrogens with one attached hydrogen (secondary N) is 1. The van der Waals surface area contributed by atoms with Crippen LogP contribution in [0.2, 0.25) is 5.02 Å². The van der Waals surface area contributed by atoms with Crippen molar-refractivity contribution in [3.8, 4) is 11.5 Å². The van der Waals surface area contributed by atoms with Crippen molar-refractivity contribution < 1.29 is 27.8 Å². The lowest BCUT2D eigenvalue weighted by Crippen LogP contribution is -2.45. The van der Waals surface area contributed by atoms with Crippen LogP contribution < -0.4 is 14.8 Å². The minimum atomic E-state index is -0.983. The van der Waals surface area contributed by atoms with Crippen LogP contribution in [0.15, 0.2) is 54.6 Å². The molecule has 0 radical (unpaired) electrons. The highest BCUT2D eigenvalue weighted by molar-refractivity contribution is 6.31. The molecule has 182 valence electrons. The van der Waals surface area contributed by atoms with Crippen LogP contribution in [-0.2, 0) is 11.3 Å². The fourth-order valence-corrected chi connectivity index (χ4v) is 4.63. The number of benzene rings is 3. The molecule has 0 spiro atoms. The summed E-state index contributed by atoms with van der Waals surface area (Å²) >= 11 is 6.12. The summed E-state index contributed by atoms with van der Waals surface area (Å²) in [5, 5.41) is 2.98. The summed E-state index contributed by atoms with van der Waals surface area (Å²) in [6.45, 7) is 0.0126. The minimum Gasteiger partial charge on any atom is -0.493 e. The van der Waals surface area contributed by atoms with Crippen LogP contribution in [0.4, 0.5) is 8.78 Å². The number of ether oxygens (including phenoxy) is 2. The third-order valence-electron chi connectivity index (χ3n) is 6.15. The van der Waals surface area contributed by atoms with Crippen molar-refractivity contribution in [2.45, 2.75) is 18.5 Å². The number of amides is 2. The maximum absolute atomic E-state index is 14.9. The average Bonchev–Trinajstić information content (AvgIpc) is 2.85. The Kier molecular flexibility index (Phi) is 6.93. The molecule has 0 saturated heterocycles. The highest BCUT2D eigenvalue weighted by Gasteiger charge is 2.44. The first kappa shape index (κ1) is 24.5. The van der Waals surface area contributed by atoms with Crippen molar-refractivity contribution in [2.24, 2.45) is 0 Å². The quantitative estimate of drug-likeness (QED) is 0.525. The number of halogens is 3. The molecular weight excluding hydrogens is 478 g/mol. The van der Waals surface area contributed by atoms with Crippen LogP contribution in [0.3, 0.4) is 0 Å². The second kappa shape index (κ2) is 9.92. The van der Waals surface area contributed by atoms with Gasteiger partial charge in [0.25, 0.3) is 5.91 Å². The number of likely N-dealkylation sites (N-methyl/N-ethyl adjacent to an activating group) is 1. The third kappa shape index (κ3) is 4.53. The molecule has 6 nitrogen and oxygen atoms in total. The summed E-state index contributed by atoms with van der Waals surface area (Å²) in [4.78, 5) is 28.3. The lowest BCUT2D eigenvalue weighted by molar-refractivity contribution is -0.124. The molecule has 1 heterocycles. The molecule has 0 aliphatic carbocycles. The van der Waals surface area contributed by atoms with Gasteiger partial charge in [-0.05, 0) is 41.5 Å². The van der Waals surface area contributed by atoms with Gasteiger partial charge in [-0.3, -0.25) is 9.59 Å². The van der Waals surface area contributed by atoms with E-state index in [0.717, 1.165) is 6.07 Å². The predicted octanol–water partition coefficient (Wildman–Crippen LogP) is 4.86. The molecule has 0 fully saturated rings. The standard InChI is InChI=1S/C26H23ClF2N2O4/c1-31-24(16-6-4-5-7-20(16)29)23(25(32)30-13-14-8-9-15(28)10-19(14)27)17-11-21(34-2)22(35-3)12-18(17)26(31)33/h4-12,23-24H,13H2,1-3H3,(H,30,32)/t23-,24+/m0/s1. The van der Waals surface area contributed by atoms with E-state index in [-0.39, 0.29) is 28.6 Å². The Hall–Kier alpha value is -3.65. The Balaban J connectivity index is 1.82. The molecule has 3 aromatic rings. The number of carbonyl (C=O) groups excluding carboxylic acids is 2. The van der Waals surface area contributed by atoms with Gasteiger partial charge in [0.05, 0.1) is 26.2 Å². The van der Waals surface area contributed by atoms with E-state index in [1.807, 2.05) is 0 Å². The molecule has 2 amide bonds. The molecule has 2 atom stereocenters. The van der Waals surface area contributed by atoms with Crippen LogP contribution >= 0.6 is 11.6 Å². The normalized spacial score (nSPS) is 17.1. The zero-order valence-electron chi connectivity index (χ0n) is 19.3. The van der Waals surface area contributed by atoms with Gasteiger partial charge in [-0.2, -0.15) is 0 Å². The van der Waals surface area contributed by atoms with Gasteiger partial charge in [0.15, 0.2) is 11.5 Å². The van der Waals surface area contributed by atoms with Gasteiger partial charge < -0.3 is 19.7 Å². The fraction of sp³-hybridized carbons (Fsp3) is 0.231. The maximum Gasteiger partial charge on any atom is 0.254 e. The van der Waals surface area contributed by atoms with Crippen molar-refractivity contribution in [1.29, 1.82) is 0 Å². The van der Waals surface area contributed by atoms with E-state index in [4.69, 9.17) is 21.1 Å². The monoisotopic (exact) mass is 500 g/mol. The number of hydrogen-bond donors (Lipinski definition) is 1. The van der Waals surface area contributed by atoms with Crippen molar-refractivity contribution in [2.75, 3.05) is 21.3 Å². The number of fused-ring (bicyclic) bond motifs is 1. The van der Waals surface area contributed by atoms with Crippen molar-refractivity contribution in [3.05, 3.63) is 93.5 Å². The lowest BCUT2D eigenvalue weighted by atomic mass is 9.79. The van der Waals surface area contributed by atoms with E-state index in [2.05, 4.69) is 5.32 Å². The summed E-state index contributed by atoms with van der Waals surface area (Å²) in [7, 11) is 4.41. The Labute approximate surface area is 206 Å². The molecule has 0 saturated carbocycles. The average molecular weight is 501 g/mol. The third-order valence-corrected chi connectivity index (χ3v) is 6.50. The Morgan fingerprint density at radius 2 is 1.71 bits per heavy atom. The smallest absolute Gasteiger partial charge is 0.254 e. The molecular formula is C26H23ClF2N2O4. The fourth-order valence-electron chi connectivity index (χ4n) is 4.39. The first-order chi connectivity index (χ1) is 16.8. The van der Waals surface area contributed by atoms with Gasteiger partial charge in [-0.25, -0.2) is 8.78 Å². The number of hydrogen-bond acceptors (Lipinski definition) is 4. The summed E-state index contributed by atoms with van der Waals surface area (Å²) < 4.78 is 39.1. The molecule has 9 heteroatoms. The molecule has 1 aliphatic heterocycles. The lowest BCUT2D eigenvalue weighted by Gasteiger charge is -2.40. The van der Waals surface area contributed by atoms with Crippen molar-refractivity contribution >= 4 is 23.4 Å². The summed E-state index contributed by atoms with van der Waals surface area (Å²) in [5.74, 6) is -2.22. The first-order valence-electron chi connectivity index (χ1n) is 10.8. The molecule has 1 aliphatic rings. The van der Waals surface area contributed by atoms with E-state index < -0.39 is 29.5 Å². The van der Waals surface area contributed by atoms with Gasteiger partial charge in [0.2, 0.25) is 5.91 Å². The minimum absolute atomic E-state index is 0.0126. The van der Waals surface area contributed by atoms with Crippen LogP contribution in [0.5, 0.6) is 11.5 Å². The molecule has 0 bridgehead atoms. The van der Waals surface area contributed by atoms with Crippen LogP contribution in [0.1, 0.15) is 39.0 Å². The van der Waals surface area contributed by atoms with Gasteiger partial charge in [0.1, 0.15) is 11.6 Å². The van der Waals surface area contributed by atoms with Gasteiger partial charge >= 0.3 is 0 Å². The van der Waals surface area contributed by atoms with E-state index in [9.17, 15) is 18.4 Å². The number of rotatable bonds is 6. The Bertz CT molecular complexity index is 1300. The molecule has 0 aromatic heterocycles. The van der Waals surface area contributed by atoms with E-state index in [1.54, 1.807) is 18.2 Å². The summed E-state index contributed by atoms with van der Waals surface area (Å²) in [6.07, 6.45) is 0. The van der Waals surface area contributed by atoms with Crippen molar-refractivity contribution in [3.63, 3.8) is 0 Å². The Morgan fingerprint density at radius 1 is 1.03 bits per heavy atom. The van der Waals surface area contributed by atoms with Gasteiger partial charge in [-0.15, -0.1) is 0 Å². The second-order valence-corrected chi connectivity index (χ2v) is 8.52. The highest BCUT2D eigenvalue weighted by Crippen LogP contribution is 2.46. The number of nitrogens with zero attached hydrogens (tertiary/aromatic N) is 1. The zero-order chi connectivity index (χ0) is 25.3. The largest absolute Gasteiger partial charge is 0.493 e. The SMILES string of the molecule is COc1cc2c(cc1OC)[C@H](C(=O)NCc1ccc(F)cc1Cl)[C@@H](c1ccccc1F)N(C)C2=O. The molecule has 1 N–H and O–H groups in total. The highest BCUT2D eigenvalue weighted by atomic mass is 35.5. The van der Waals surface area contributed by atoms with E-state index in [1.165, 1.54) is 56.5 Å². The van der Waals surface area contributed by atoms with Gasteiger partial charge in [0, 0.05) is 29.7 Å². The van der Waals surface area contributed by atoms with Crippen molar-refractivity contribution in [1.82, 2.24) is 10.2 Å². The molecule has 0 unspecified atom stereocenters. The number of carbonyl (C=O) groups is 2. The Morgan fingerprint density at radius 3 is 2.37 bits per heavy atom. The second-order valence-electron chi connectivity index (χ2n) is 8.11. The summed E-state index contributed by atoms with van der Waals surface area (Å²) in [6, 6.07) is 12.1. The molecule has 35 heavy (non-hydrogen) atoms. The first-order valence-corrected chi connectivity index (χ1v) is 11.1. The zero-order valence-corrected chi connectivity index (χ0v) is 20.0. The maximum atomic E-state index is 14.9. The van der Waals surface area contributed by atoms with Crippen LogP contribution in [-0.4, -0.2) is 38.0 Å². The van der Waals surface area contributed by atoms with Crippen LogP contribution in [0.25, 0.3) is 0 Å².